The lowest BCUT2D eigenvalue weighted by atomic mass is 10.0. The number of rotatable bonds is 2. The summed E-state index contributed by atoms with van der Waals surface area (Å²) >= 11 is 0. The lowest BCUT2D eigenvalue weighted by molar-refractivity contribution is 0.474. The molecule has 2 aromatic rings. The van der Waals surface area contributed by atoms with E-state index in [-0.39, 0.29) is 10.6 Å². The van der Waals surface area contributed by atoms with E-state index in [2.05, 4.69) is 0 Å². The molecule has 1 aliphatic heterocycles. The van der Waals surface area contributed by atoms with Crippen LogP contribution in [0, 0.1) is 6.92 Å². The van der Waals surface area contributed by atoms with Crippen molar-refractivity contribution in [3.8, 4) is 5.75 Å². The number of hydrogen-bond donors (Lipinski definition) is 1. The van der Waals surface area contributed by atoms with Crippen molar-refractivity contribution in [2.24, 2.45) is 0 Å². The van der Waals surface area contributed by atoms with Crippen molar-refractivity contribution in [3.63, 3.8) is 0 Å². The molecular weight excluding hydrogens is 286 g/mol. The summed E-state index contributed by atoms with van der Waals surface area (Å²) in [7, 11) is -3.58. The summed E-state index contributed by atoms with van der Waals surface area (Å²) < 4.78 is 27.1. The molecule has 0 saturated heterocycles. The van der Waals surface area contributed by atoms with Crippen LogP contribution in [0.1, 0.15) is 17.5 Å². The molecule has 1 heterocycles. The van der Waals surface area contributed by atoms with Gasteiger partial charge in [-0.1, -0.05) is 17.7 Å². The molecule has 0 spiro atoms. The smallest absolute Gasteiger partial charge is 0.264 e. The van der Waals surface area contributed by atoms with Crippen LogP contribution in [0.15, 0.2) is 47.4 Å². The fourth-order valence-corrected chi connectivity index (χ4v) is 4.23. The molecule has 5 heteroatoms. The summed E-state index contributed by atoms with van der Waals surface area (Å²) in [6.45, 7) is 2.49. The number of aryl methyl sites for hydroxylation is 2. The highest BCUT2D eigenvalue weighted by Crippen LogP contribution is 2.32. The van der Waals surface area contributed by atoms with Crippen LogP contribution in [0.5, 0.6) is 5.75 Å². The van der Waals surface area contributed by atoms with Gasteiger partial charge < -0.3 is 5.11 Å². The Kier molecular flexibility index (Phi) is 3.37. The molecule has 0 amide bonds. The molecule has 0 aliphatic carbocycles. The van der Waals surface area contributed by atoms with E-state index in [9.17, 15) is 13.5 Å². The van der Waals surface area contributed by atoms with Crippen LogP contribution in [0.4, 0.5) is 5.69 Å². The van der Waals surface area contributed by atoms with Gasteiger partial charge in [0.15, 0.2) is 0 Å². The quantitative estimate of drug-likeness (QED) is 0.928. The van der Waals surface area contributed by atoms with Crippen LogP contribution >= 0.6 is 0 Å². The van der Waals surface area contributed by atoms with E-state index in [1.165, 1.54) is 28.6 Å². The number of fused-ring (bicyclic) bond motifs is 1. The zero-order chi connectivity index (χ0) is 15.0. The molecule has 0 atom stereocenters. The van der Waals surface area contributed by atoms with Gasteiger partial charge >= 0.3 is 0 Å². The van der Waals surface area contributed by atoms with E-state index in [0.29, 0.717) is 6.54 Å². The zero-order valence-corrected chi connectivity index (χ0v) is 12.6. The monoisotopic (exact) mass is 303 g/mol. The first-order valence-corrected chi connectivity index (χ1v) is 8.34. The first-order valence-electron chi connectivity index (χ1n) is 6.90. The minimum absolute atomic E-state index is 0.0589. The number of phenolic OH excluding ortho intramolecular Hbond substituents is 1. The Bertz CT molecular complexity index is 767. The van der Waals surface area contributed by atoms with Crippen molar-refractivity contribution in [2.75, 3.05) is 10.8 Å². The second kappa shape index (κ2) is 5.07. The maximum Gasteiger partial charge on any atom is 0.264 e. The van der Waals surface area contributed by atoms with Crippen molar-refractivity contribution in [3.05, 3.63) is 53.6 Å². The number of aromatic hydroxyl groups is 1. The molecule has 0 bridgehead atoms. The highest BCUT2D eigenvalue weighted by molar-refractivity contribution is 7.92. The SMILES string of the molecule is Cc1ccc2c(c1)CCCN2S(=O)(=O)c1ccc(O)cc1. The molecule has 0 fully saturated rings. The molecule has 2 aromatic carbocycles. The Labute approximate surface area is 124 Å². The summed E-state index contributed by atoms with van der Waals surface area (Å²) in [4.78, 5) is 0.203. The van der Waals surface area contributed by atoms with E-state index in [4.69, 9.17) is 0 Å². The minimum atomic E-state index is -3.58. The Morgan fingerprint density at radius 2 is 1.81 bits per heavy atom. The molecule has 110 valence electrons. The summed E-state index contributed by atoms with van der Waals surface area (Å²) in [5.74, 6) is 0.0589. The van der Waals surface area contributed by atoms with Crippen LogP contribution in [0.2, 0.25) is 0 Å². The molecule has 21 heavy (non-hydrogen) atoms. The largest absolute Gasteiger partial charge is 0.508 e. The van der Waals surface area contributed by atoms with Gasteiger partial charge in [0.25, 0.3) is 10.0 Å². The standard InChI is InChI=1S/C16H17NO3S/c1-12-4-9-16-13(11-12)3-2-10-17(16)21(19,20)15-7-5-14(18)6-8-15/h4-9,11,18H,2-3,10H2,1H3. The highest BCUT2D eigenvalue weighted by Gasteiger charge is 2.28. The number of sulfonamides is 1. The molecule has 3 rings (SSSR count). The molecule has 0 radical (unpaired) electrons. The van der Waals surface area contributed by atoms with Gasteiger partial charge in [0, 0.05) is 6.54 Å². The van der Waals surface area contributed by atoms with E-state index < -0.39 is 10.0 Å². The molecule has 0 saturated carbocycles. The molecule has 1 N–H and O–H groups in total. The first-order chi connectivity index (χ1) is 9.98. The third kappa shape index (κ3) is 2.49. The molecule has 4 nitrogen and oxygen atoms in total. The fourth-order valence-electron chi connectivity index (χ4n) is 2.69. The van der Waals surface area contributed by atoms with Crippen LogP contribution in [0.3, 0.4) is 0 Å². The van der Waals surface area contributed by atoms with Crippen molar-refractivity contribution < 1.29 is 13.5 Å². The third-order valence-electron chi connectivity index (χ3n) is 3.74. The summed E-state index contributed by atoms with van der Waals surface area (Å²) in [5, 5.41) is 9.31. The lowest BCUT2D eigenvalue weighted by Crippen LogP contribution is -2.35. The molecular formula is C16H17NO3S. The Morgan fingerprint density at radius 3 is 2.52 bits per heavy atom. The van der Waals surface area contributed by atoms with Gasteiger partial charge in [-0.25, -0.2) is 8.42 Å². The van der Waals surface area contributed by atoms with E-state index >= 15 is 0 Å². The average Bonchev–Trinajstić information content (AvgIpc) is 2.46. The van der Waals surface area contributed by atoms with Gasteiger partial charge in [-0.2, -0.15) is 0 Å². The number of hydrogen-bond acceptors (Lipinski definition) is 3. The molecule has 1 aliphatic rings. The number of anilines is 1. The second-order valence-electron chi connectivity index (χ2n) is 5.31. The average molecular weight is 303 g/mol. The Hall–Kier alpha value is -2.01. The maximum absolute atomic E-state index is 12.8. The third-order valence-corrected chi connectivity index (χ3v) is 5.56. The highest BCUT2D eigenvalue weighted by atomic mass is 32.2. The zero-order valence-electron chi connectivity index (χ0n) is 11.8. The predicted octanol–water partition coefficient (Wildman–Crippen LogP) is 2.84. The van der Waals surface area contributed by atoms with Crippen molar-refractivity contribution in [1.82, 2.24) is 0 Å². The minimum Gasteiger partial charge on any atom is -0.508 e. The van der Waals surface area contributed by atoms with Gasteiger partial charge in [-0.15, -0.1) is 0 Å². The second-order valence-corrected chi connectivity index (χ2v) is 7.17. The van der Waals surface area contributed by atoms with Crippen LogP contribution in [-0.4, -0.2) is 20.1 Å². The van der Waals surface area contributed by atoms with Gasteiger partial charge in [-0.05, 0) is 55.7 Å². The van der Waals surface area contributed by atoms with E-state index in [1.807, 2.05) is 25.1 Å². The van der Waals surface area contributed by atoms with Crippen LogP contribution < -0.4 is 4.31 Å². The van der Waals surface area contributed by atoms with E-state index in [0.717, 1.165) is 29.7 Å². The normalized spacial score (nSPS) is 14.8. The number of phenols is 1. The maximum atomic E-state index is 12.8. The summed E-state index contributed by atoms with van der Waals surface area (Å²) in [6.07, 6.45) is 1.71. The predicted molar refractivity (Wildman–Crippen MR) is 82.1 cm³/mol. The lowest BCUT2D eigenvalue weighted by Gasteiger charge is -2.30. The molecule has 0 unspecified atom stereocenters. The number of benzene rings is 2. The van der Waals surface area contributed by atoms with Gasteiger partial charge in [0.05, 0.1) is 10.6 Å². The van der Waals surface area contributed by atoms with E-state index in [1.54, 1.807) is 0 Å². The van der Waals surface area contributed by atoms with Gasteiger partial charge in [-0.3, -0.25) is 4.31 Å². The Morgan fingerprint density at radius 1 is 1.10 bits per heavy atom. The Balaban J connectivity index is 2.07. The van der Waals surface area contributed by atoms with Gasteiger partial charge in [0.1, 0.15) is 5.75 Å². The summed E-state index contributed by atoms with van der Waals surface area (Å²) in [6, 6.07) is 11.5. The van der Waals surface area contributed by atoms with Crippen molar-refractivity contribution in [2.45, 2.75) is 24.7 Å². The van der Waals surface area contributed by atoms with Crippen LogP contribution in [-0.2, 0) is 16.4 Å². The van der Waals surface area contributed by atoms with Crippen LogP contribution in [0.25, 0.3) is 0 Å². The topological polar surface area (TPSA) is 57.6 Å². The fraction of sp³-hybridized carbons (Fsp3) is 0.250. The van der Waals surface area contributed by atoms with Crippen molar-refractivity contribution in [1.29, 1.82) is 0 Å². The molecule has 0 aromatic heterocycles. The summed E-state index contributed by atoms with van der Waals surface area (Å²) in [5.41, 5.74) is 2.97. The first kappa shape index (κ1) is 13.9. The van der Waals surface area contributed by atoms with Crippen molar-refractivity contribution >= 4 is 15.7 Å². The van der Waals surface area contributed by atoms with Gasteiger partial charge in [0.2, 0.25) is 0 Å². The number of nitrogens with zero attached hydrogens (tertiary/aromatic N) is 1.